The lowest BCUT2D eigenvalue weighted by Gasteiger charge is -2.28. The number of para-hydroxylation sites is 2. The van der Waals surface area contributed by atoms with Gasteiger partial charge in [0.25, 0.3) is 0 Å². The number of hydrogen-bond acceptors (Lipinski definition) is 1. The summed E-state index contributed by atoms with van der Waals surface area (Å²) in [6, 6.07) is 70.8. The zero-order valence-electron chi connectivity index (χ0n) is 29.9. The van der Waals surface area contributed by atoms with Crippen molar-refractivity contribution >= 4 is 38.9 Å². The van der Waals surface area contributed by atoms with Crippen molar-refractivity contribution in [1.29, 1.82) is 0 Å². The molecule has 0 fully saturated rings. The SMILES string of the molecule is CC1(C)c2ccccc2-c2ccc(N(c3ccc(-c4ccccc4)cc3)c3cccc(-c4ccc5c(c4)c4ccccc4n5-c4ccccc4)c3)cc21. The van der Waals surface area contributed by atoms with Crippen LogP contribution in [0, 0.1) is 0 Å². The average molecular weight is 679 g/mol. The number of rotatable bonds is 6. The van der Waals surface area contributed by atoms with Crippen molar-refractivity contribution in [2.45, 2.75) is 19.3 Å². The van der Waals surface area contributed by atoms with Crippen LogP contribution in [0.15, 0.2) is 194 Å². The number of hydrogen-bond donors (Lipinski definition) is 0. The van der Waals surface area contributed by atoms with E-state index in [0.717, 1.165) is 17.1 Å². The molecule has 0 bridgehead atoms. The standard InChI is InChI=1S/C51H38N2/c1-51(2)47-22-11-9-20-43(47)44-30-29-42(34-48(44)51)52(40-27-24-36(25-28-40)35-14-5-3-6-15-35)41-19-13-16-37(32-41)38-26-31-50-46(33-38)45-21-10-12-23-49(45)53(50)39-17-7-4-8-18-39/h3-34H,1-2H3. The molecule has 0 aliphatic heterocycles. The predicted molar refractivity (Wildman–Crippen MR) is 224 cm³/mol. The van der Waals surface area contributed by atoms with E-state index in [0.29, 0.717) is 0 Å². The molecular formula is C51H38N2. The molecule has 0 N–H and O–H groups in total. The van der Waals surface area contributed by atoms with E-state index in [-0.39, 0.29) is 5.41 Å². The Morgan fingerprint density at radius 2 is 0.962 bits per heavy atom. The van der Waals surface area contributed by atoms with Gasteiger partial charge in [-0.05, 0) is 111 Å². The van der Waals surface area contributed by atoms with Crippen molar-refractivity contribution in [3.63, 3.8) is 0 Å². The molecule has 53 heavy (non-hydrogen) atoms. The van der Waals surface area contributed by atoms with Gasteiger partial charge in [0.2, 0.25) is 0 Å². The molecule has 1 aliphatic rings. The van der Waals surface area contributed by atoms with E-state index in [1.54, 1.807) is 0 Å². The summed E-state index contributed by atoms with van der Waals surface area (Å²) in [5.74, 6) is 0. The second kappa shape index (κ2) is 12.3. The number of fused-ring (bicyclic) bond motifs is 6. The molecule has 0 spiro atoms. The summed E-state index contributed by atoms with van der Waals surface area (Å²) in [4.78, 5) is 2.41. The van der Waals surface area contributed by atoms with Crippen LogP contribution in [0.5, 0.6) is 0 Å². The fourth-order valence-corrected chi connectivity index (χ4v) is 8.54. The molecule has 1 aliphatic carbocycles. The van der Waals surface area contributed by atoms with Gasteiger partial charge in [-0.15, -0.1) is 0 Å². The molecule has 0 amide bonds. The highest BCUT2D eigenvalue weighted by molar-refractivity contribution is 6.10. The Balaban J connectivity index is 1.11. The van der Waals surface area contributed by atoms with Gasteiger partial charge in [-0.2, -0.15) is 0 Å². The molecule has 1 aromatic heterocycles. The first-order valence-electron chi connectivity index (χ1n) is 18.4. The number of aromatic nitrogens is 1. The summed E-state index contributed by atoms with van der Waals surface area (Å²) in [6.45, 7) is 4.71. The monoisotopic (exact) mass is 678 g/mol. The largest absolute Gasteiger partial charge is 0.310 e. The zero-order chi connectivity index (χ0) is 35.5. The number of anilines is 3. The van der Waals surface area contributed by atoms with Crippen molar-refractivity contribution in [2.75, 3.05) is 4.90 Å². The van der Waals surface area contributed by atoms with E-state index in [9.17, 15) is 0 Å². The number of nitrogens with zero attached hydrogens (tertiary/aromatic N) is 2. The summed E-state index contributed by atoms with van der Waals surface area (Å²) < 4.78 is 2.37. The van der Waals surface area contributed by atoms with E-state index in [1.165, 1.54) is 72.0 Å². The van der Waals surface area contributed by atoms with Gasteiger partial charge < -0.3 is 9.47 Å². The van der Waals surface area contributed by atoms with Crippen LogP contribution < -0.4 is 4.90 Å². The lowest BCUT2D eigenvalue weighted by Crippen LogP contribution is -2.16. The summed E-state index contributed by atoms with van der Waals surface area (Å²) in [6.07, 6.45) is 0. The van der Waals surface area contributed by atoms with Gasteiger partial charge in [-0.3, -0.25) is 0 Å². The van der Waals surface area contributed by atoms with Crippen molar-refractivity contribution in [1.82, 2.24) is 4.57 Å². The maximum atomic E-state index is 2.41. The molecule has 0 saturated carbocycles. The summed E-state index contributed by atoms with van der Waals surface area (Å²) in [7, 11) is 0. The second-order valence-corrected chi connectivity index (χ2v) is 14.6. The van der Waals surface area contributed by atoms with Gasteiger partial charge in [0.15, 0.2) is 0 Å². The van der Waals surface area contributed by atoms with Crippen LogP contribution in [-0.2, 0) is 5.41 Å². The second-order valence-electron chi connectivity index (χ2n) is 14.6. The van der Waals surface area contributed by atoms with E-state index in [1.807, 2.05) is 0 Å². The zero-order valence-corrected chi connectivity index (χ0v) is 29.9. The van der Waals surface area contributed by atoms with Crippen LogP contribution in [-0.4, -0.2) is 4.57 Å². The third-order valence-electron chi connectivity index (χ3n) is 11.2. The molecule has 0 radical (unpaired) electrons. The van der Waals surface area contributed by atoms with Crippen molar-refractivity contribution in [3.8, 4) is 39.1 Å². The Labute approximate surface area is 310 Å². The molecule has 0 unspecified atom stereocenters. The highest BCUT2D eigenvalue weighted by Crippen LogP contribution is 2.51. The van der Waals surface area contributed by atoms with Crippen LogP contribution in [0.2, 0.25) is 0 Å². The van der Waals surface area contributed by atoms with Crippen LogP contribution in [0.1, 0.15) is 25.0 Å². The molecule has 2 nitrogen and oxygen atoms in total. The van der Waals surface area contributed by atoms with E-state index in [4.69, 9.17) is 0 Å². The Morgan fingerprint density at radius 1 is 0.377 bits per heavy atom. The lowest BCUT2D eigenvalue weighted by molar-refractivity contribution is 0.660. The summed E-state index contributed by atoms with van der Waals surface area (Å²) in [5.41, 5.74) is 17.1. The normalized spacial score (nSPS) is 12.9. The highest BCUT2D eigenvalue weighted by atomic mass is 15.1. The Morgan fingerprint density at radius 3 is 1.79 bits per heavy atom. The van der Waals surface area contributed by atoms with Crippen molar-refractivity contribution in [2.24, 2.45) is 0 Å². The van der Waals surface area contributed by atoms with E-state index in [2.05, 4.69) is 217 Å². The first-order chi connectivity index (χ1) is 26.0. The van der Waals surface area contributed by atoms with Crippen LogP contribution in [0.4, 0.5) is 17.1 Å². The minimum atomic E-state index is -0.0963. The third kappa shape index (κ3) is 5.10. The molecule has 9 aromatic rings. The van der Waals surface area contributed by atoms with Gasteiger partial charge in [0, 0.05) is 38.9 Å². The minimum absolute atomic E-state index is 0.0963. The van der Waals surface area contributed by atoms with Gasteiger partial charge in [-0.25, -0.2) is 0 Å². The van der Waals surface area contributed by atoms with Crippen LogP contribution in [0.25, 0.3) is 60.9 Å². The Kier molecular flexibility index (Phi) is 7.19. The van der Waals surface area contributed by atoms with Gasteiger partial charge in [-0.1, -0.05) is 141 Å². The molecule has 252 valence electrons. The summed E-state index contributed by atoms with van der Waals surface area (Å²) >= 11 is 0. The molecule has 10 rings (SSSR count). The molecule has 0 saturated heterocycles. The van der Waals surface area contributed by atoms with Crippen LogP contribution in [0.3, 0.4) is 0 Å². The molecule has 0 atom stereocenters. The third-order valence-corrected chi connectivity index (χ3v) is 11.2. The number of benzene rings is 8. The van der Waals surface area contributed by atoms with Crippen LogP contribution >= 0.6 is 0 Å². The smallest absolute Gasteiger partial charge is 0.0541 e. The van der Waals surface area contributed by atoms with Gasteiger partial charge in [0.1, 0.15) is 0 Å². The minimum Gasteiger partial charge on any atom is -0.310 e. The lowest BCUT2D eigenvalue weighted by atomic mass is 9.82. The molecular weight excluding hydrogens is 641 g/mol. The van der Waals surface area contributed by atoms with Gasteiger partial charge >= 0.3 is 0 Å². The first kappa shape index (κ1) is 31.1. The fraction of sp³-hybridized carbons (Fsp3) is 0.0588. The Bertz CT molecular complexity index is 2790. The van der Waals surface area contributed by atoms with E-state index < -0.39 is 0 Å². The maximum Gasteiger partial charge on any atom is 0.0541 e. The predicted octanol–water partition coefficient (Wildman–Crippen LogP) is 13.9. The first-order valence-corrected chi connectivity index (χ1v) is 18.4. The quantitative estimate of drug-likeness (QED) is 0.170. The maximum absolute atomic E-state index is 2.41. The molecule has 1 heterocycles. The average Bonchev–Trinajstić information content (AvgIpc) is 3.67. The highest BCUT2D eigenvalue weighted by Gasteiger charge is 2.35. The van der Waals surface area contributed by atoms with Crippen molar-refractivity contribution < 1.29 is 0 Å². The van der Waals surface area contributed by atoms with Gasteiger partial charge in [0.05, 0.1) is 11.0 Å². The summed E-state index contributed by atoms with van der Waals surface area (Å²) in [5, 5.41) is 2.51. The topological polar surface area (TPSA) is 8.17 Å². The molecule has 8 aromatic carbocycles. The van der Waals surface area contributed by atoms with E-state index >= 15 is 0 Å². The Hall–Kier alpha value is -6.64. The fourth-order valence-electron chi connectivity index (χ4n) is 8.54. The molecule has 2 heteroatoms. The van der Waals surface area contributed by atoms with Crippen molar-refractivity contribution in [3.05, 3.63) is 205 Å².